The highest BCUT2D eigenvalue weighted by atomic mass is 16.5. The predicted molar refractivity (Wildman–Crippen MR) is 146 cm³/mol. The van der Waals surface area contributed by atoms with Crippen molar-refractivity contribution < 1.29 is 9.47 Å². The topological polar surface area (TPSA) is 18.5 Å². The molecule has 0 heterocycles. The van der Waals surface area contributed by atoms with Gasteiger partial charge in [0.15, 0.2) is 0 Å². The van der Waals surface area contributed by atoms with Crippen LogP contribution < -0.4 is 9.47 Å². The maximum absolute atomic E-state index is 5.97. The fourth-order valence-corrected chi connectivity index (χ4v) is 3.88. The van der Waals surface area contributed by atoms with Crippen molar-refractivity contribution in [3.8, 4) is 11.5 Å². The van der Waals surface area contributed by atoms with Gasteiger partial charge in [-0.3, -0.25) is 0 Å². The summed E-state index contributed by atoms with van der Waals surface area (Å²) >= 11 is 0. The first-order chi connectivity index (χ1) is 17.3. The molecule has 0 atom stereocenters. The quantitative estimate of drug-likeness (QED) is 0.212. The number of rotatable bonds is 11. The molecule has 0 N–H and O–H groups in total. The molecule has 35 heavy (non-hydrogen) atoms. The van der Waals surface area contributed by atoms with E-state index in [2.05, 4.69) is 84.9 Å². The van der Waals surface area contributed by atoms with Crippen LogP contribution in [0.3, 0.4) is 0 Å². The molecule has 0 fully saturated rings. The summed E-state index contributed by atoms with van der Waals surface area (Å²) < 4.78 is 11.9. The molecule has 4 rings (SSSR count). The van der Waals surface area contributed by atoms with Gasteiger partial charge in [0.25, 0.3) is 0 Å². The Hall–Kier alpha value is -4.04. The van der Waals surface area contributed by atoms with Gasteiger partial charge in [-0.25, -0.2) is 0 Å². The molecule has 2 nitrogen and oxygen atoms in total. The number of ether oxygens (including phenoxy) is 2. The maximum atomic E-state index is 5.97. The van der Waals surface area contributed by atoms with Crippen molar-refractivity contribution in [2.45, 2.75) is 19.8 Å². The third-order valence-corrected chi connectivity index (χ3v) is 5.79. The number of hydrogen-bond acceptors (Lipinski definition) is 2. The van der Waals surface area contributed by atoms with Gasteiger partial charge in [-0.05, 0) is 59.0 Å². The molecule has 0 spiro atoms. The van der Waals surface area contributed by atoms with Crippen LogP contribution >= 0.6 is 0 Å². The van der Waals surface area contributed by atoms with Gasteiger partial charge in [-0.2, -0.15) is 0 Å². The highest BCUT2D eigenvalue weighted by molar-refractivity contribution is 5.81. The molecule has 0 saturated carbocycles. The lowest BCUT2D eigenvalue weighted by molar-refractivity contribution is 0.322. The molecule has 0 unspecified atom stereocenters. The van der Waals surface area contributed by atoms with Gasteiger partial charge in [0, 0.05) is 12.8 Å². The zero-order valence-electron chi connectivity index (χ0n) is 20.3. The Bertz CT molecular complexity index is 1110. The Labute approximate surface area is 209 Å². The molecule has 2 heteroatoms. The second kappa shape index (κ2) is 13.0. The zero-order valence-corrected chi connectivity index (χ0v) is 20.3. The van der Waals surface area contributed by atoms with Crippen molar-refractivity contribution in [2.75, 3.05) is 13.2 Å². The van der Waals surface area contributed by atoms with E-state index < -0.39 is 0 Å². The van der Waals surface area contributed by atoms with E-state index in [0.717, 1.165) is 41.0 Å². The highest BCUT2D eigenvalue weighted by Gasteiger charge is 2.06. The molecule has 0 saturated heterocycles. The summed E-state index contributed by atoms with van der Waals surface area (Å²) in [4.78, 5) is 0. The summed E-state index contributed by atoms with van der Waals surface area (Å²) in [5.41, 5.74) is 6.03. The van der Waals surface area contributed by atoms with Crippen LogP contribution in [0.5, 0.6) is 11.5 Å². The predicted octanol–water partition coefficient (Wildman–Crippen LogP) is 7.94. The third-order valence-electron chi connectivity index (χ3n) is 5.79. The van der Waals surface area contributed by atoms with Gasteiger partial charge in [-0.15, -0.1) is 0 Å². The first-order valence-corrected chi connectivity index (χ1v) is 12.2. The molecule has 0 aromatic heterocycles. The monoisotopic (exact) mass is 460 g/mol. The molecule has 4 aromatic carbocycles. The lowest BCUT2D eigenvalue weighted by Crippen LogP contribution is -2.01. The van der Waals surface area contributed by atoms with Crippen LogP contribution in [-0.4, -0.2) is 13.2 Å². The normalized spacial score (nSPS) is 10.8. The molecule has 0 bridgehead atoms. The van der Waals surface area contributed by atoms with Crippen LogP contribution in [0.2, 0.25) is 0 Å². The van der Waals surface area contributed by atoms with Gasteiger partial charge in [0.2, 0.25) is 0 Å². The van der Waals surface area contributed by atoms with E-state index in [4.69, 9.17) is 9.47 Å². The van der Waals surface area contributed by atoms with Crippen LogP contribution in [0.4, 0.5) is 0 Å². The van der Waals surface area contributed by atoms with Crippen molar-refractivity contribution >= 4 is 5.57 Å². The molecule has 4 aromatic rings. The summed E-state index contributed by atoms with van der Waals surface area (Å²) in [5, 5.41) is 0. The van der Waals surface area contributed by atoms with Crippen LogP contribution in [0.1, 0.15) is 29.2 Å². The van der Waals surface area contributed by atoms with Crippen LogP contribution in [0.15, 0.2) is 127 Å². The second-order valence-corrected chi connectivity index (χ2v) is 8.32. The SMILES string of the molecule is CC=CC=C(c1ccc(OCCc2ccccc2)cc1)c1ccc(OCCc2ccccc2)cc1. The summed E-state index contributed by atoms with van der Waals surface area (Å²) in [6, 6.07) is 37.5. The minimum Gasteiger partial charge on any atom is -0.493 e. The lowest BCUT2D eigenvalue weighted by Gasteiger charge is -2.12. The number of allylic oxidation sites excluding steroid dienone is 3. The van der Waals surface area contributed by atoms with E-state index in [0.29, 0.717) is 13.2 Å². The first-order valence-electron chi connectivity index (χ1n) is 12.2. The number of benzene rings is 4. The Morgan fingerprint density at radius 2 is 1.00 bits per heavy atom. The molecular formula is C33H32O2. The minimum atomic E-state index is 0.663. The largest absolute Gasteiger partial charge is 0.493 e. The maximum Gasteiger partial charge on any atom is 0.119 e. The Balaban J connectivity index is 1.37. The summed E-state index contributed by atoms with van der Waals surface area (Å²) in [7, 11) is 0. The van der Waals surface area contributed by atoms with Gasteiger partial charge < -0.3 is 9.47 Å². The van der Waals surface area contributed by atoms with E-state index in [1.54, 1.807) is 0 Å². The van der Waals surface area contributed by atoms with Crippen molar-refractivity contribution in [2.24, 2.45) is 0 Å². The molecule has 0 radical (unpaired) electrons. The fraction of sp³-hybridized carbons (Fsp3) is 0.152. The molecule has 0 amide bonds. The number of hydrogen-bond donors (Lipinski definition) is 0. The van der Waals surface area contributed by atoms with Gasteiger partial charge in [-0.1, -0.05) is 103 Å². The van der Waals surface area contributed by atoms with Gasteiger partial charge >= 0.3 is 0 Å². The molecule has 176 valence electrons. The first kappa shape index (κ1) is 24.1. The Kier molecular flexibility index (Phi) is 8.95. The van der Waals surface area contributed by atoms with Crippen LogP contribution in [-0.2, 0) is 12.8 Å². The minimum absolute atomic E-state index is 0.663. The van der Waals surface area contributed by atoms with E-state index in [1.165, 1.54) is 11.1 Å². The van der Waals surface area contributed by atoms with Gasteiger partial charge in [0.05, 0.1) is 13.2 Å². The van der Waals surface area contributed by atoms with E-state index >= 15 is 0 Å². The molecule has 0 aliphatic rings. The third kappa shape index (κ3) is 7.48. The standard InChI is InChI=1S/C33H32O2/c1-2-3-14-33(29-15-19-31(20-16-29)34-25-23-27-10-6-4-7-11-27)30-17-21-32(22-18-30)35-26-24-28-12-8-5-9-13-28/h2-22H,23-26H2,1H3. The molecule has 0 aliphatic carbocycles. The van der Waals surface area contributed by atoms with Crippen molar-refractivity contribution in [1.29, 1.82) is 0 Å². The average Bonchev–Trinajstić information content (AvgIpc) is 2.92. The van der Waals surface area contributed by atoms with E-state index in [1.807, 2.05) is 49.4 Å². The van der Waals surface area contributed by atoms with Gasteiger partial charge in [0.1, 0.15) is 11.5 Å². The van der Waals surface area contributed by atoms with E-state index in [9.17, 15) is 0 Å². The summed E-state index contributed by atoms with van der Waals surface area (Å²) in [6.45, 7) is 3.36. The van der Waals surface area contributed by atoms with Crippen LogP contribution in [0.25, 0.3) is 5.57 Å². The Morgan fingerprint density at radius 3 is 1.40 bits per heavy atom. The van der Waals surface area contributed by atoms with Crippen LogP contribution in [0, 0.1) is 0 Å². The highest BCUT2D eigenvalue weighted by Crippen LogP contribution is 2.27. The smallest absolute Gasteiger partial charge is 0.119 e. The summed E-state index contributed by atoms with van der Waals surface area (Å²) in [5.74, 6) is 1.77. The summed E-state index contributed by atoms with van der Waals surface area (Å²) in [6.07, 6.45) is 8.06. The Morgan fingerprint density at radius 1 is 0.571 bits per heavy atom. The van der Waals surface area contributed by atoms with E-state index in [-0.39, 0.29) is 0 Å². The fourth-order valence-electron chi connectivity index (χ4n) is 3.88. The second-order valence-electron chi connectivity index (χ2n) is 8.32. The molecule has 0 aliphatic heterocycles. The molecular weight excluding hydrogens is 428 g/mol. The lowest BCUT2D eigenvalue weighted by atomic mass is 9.97. The van der Waals surface area contributed by atoms with Crippen molar-refractivity contribution in [1.82, 2.24) is 0 Å². The average molecular weight is 461 g/mol. The van der Waals surface area contributed by atoms with Crippen molar-refractivity contribution in [3.05, 3.63) is 150 Å². The van der Waals surface area contributed by atoms with Crippen molar-refractivity contribution in [3.63, 3.8) is 0 Å². The zero-order chi connectivity index (χ0) is 24.1.